The number of hydrogen-bond acceptors (Lipinski definition) is 3. The Bertz CT molecular complexity index is 381. The van der Waals surface area contributed by atoms with E-state index in [9.17, 15) is 0 Å². The Labute approximate surface area is 70.4 Å². The van der Waals surface area contributed by atoms with Gasteiger partial charge in [0.05, 0.1) is 0 Å². The van der Waals surface area contributed by atoms with Crippen molar-refractivity contribution in [3.8, 4) is 0 Å². The molecule has 0 spiro atoms. The van der Waals surface area contributed by atoms with Gasteiger partial charge in [-0.15, -0.1) is 0 Å². The fraction of sp³-hybridized carbons (Fsp3) is 0.222. The summed E-state index contributed by atoms with van der Waals surface area (Å²) in [6.07, 6.45) is 1.47. The summed E-state index contributed by atoms with van der Waals surface area (Å²) in [5, 5.41) is 3.08. The molecule has 0 aliphatic rings. The number of nitrogens with one attached hydrogen (secondary N) is 1. The zero-order valence-corrected chi connectivity index (χ0v) is 6.87. The maximum Gasteiger partial charge on any atom is 0.181 e. The molecule has 0 bridgehead atoms. The van der Waals surface area contributed by atoms with Gasteiger partial charge in [0.15, 0.2) is 12.0 Å². The SMILES string of the molecule is CNCc1ccc2ncoc2c1. The summed E-state index contributed by atoms with van der Waals surface area (Å²) in [4.78, 5) is 4.03. The normalized spacial score (nSPS) is 10.8. The first-order chi connectivity index (χ1) is 5.90. The molecule has 0 saturated heterocycles. The van der Waals surface area contributed by atoms with Crippen LogP contribution in [0.4, 0.5) is 0 Å². The highest BCUT2D eigenvalue weighted by atomic mass is 16.3. The van der Waals surface area contributed by atoms with Gasteiger partial charge in [-0.1, -0.05) is 6.07 Å². The minimum Gasteiger partial charge on any atom is -0.443 e. The molecule has 1 heterocycles. The highest BCUT2D eigenvalue weighted by molar-refractivity contribution is 5.72. The van der Waals surface area contributed by atoms with Crippen LogP contribution in [0.15, 0.2) is 29.0 Å². The number of rotatable bonds is 2. The molecule has 0 amide bonds. The molecular formula is C9H10N2O. The van der Waals surface area contributed by atoms with Gasteiger partial charge in [-0.2, -0.15) is 0 Å². The third kappa shape index (κ3) is 1.19. The first-order valence-electron chi connectivity index (χ1n) is 3.87. The fourth-order valence-electron chi connectivity index (χ4n) is 1.21. The molecule has 0 atom stereocenters. The largest absolute Gasteiger partial charge is 0.443 e. The van der Waals surface area contributed by atoms with E-state index in [-0.39, 0.29) is 0 Å². The summed E-state index contributed by atoms with van der Waals surface area (Å²) >= 11 is 0. The Morgan fingerprint density at radius 2 is 2.42 bits per heavy atom. The van der Waals surface area contributed by atoms with Crippen LogP contribution in [0.2, 0.25) is 0 Å². The zero-order valence-electron chi connectivity index (χ0n) is 6.87. The van der Waals surface area contributed by atoms with Crippen molar-refractivity contribution in [2.75, 3.05) is 7.05 Å². The summed E-state index contributed by atoms with van der Waals surface area (Å²) in [6.45, 7) is 0.858. The van der Waals surface area contributed by atoms with Gasteiger partial charge in [-0.25, -0.2) is 4.98 Å². The predicted molar refractivity (Wildman–Crippen MR) is 46.8 cm³/mol. The molecule has 12 heavy (non-hydrogen) atoms. The average molecular weight is 162 g/mol. The van der Waals surface area contributed by atoms with Crippen LogP contribution >= 0.6 is 0 Å². The van der Waals surface area contributed by atoms with Gasteiger partial charge < -0.3 is 9.73 Å². The molecule has 2 aromatic rings. The lowest BCUT2D eigenvalue weighted by molar-refractivity contribution is 0.601. The van der Waals surface area contributed by atoms with Crippen LogP contribution in [0.25, 0.3) is 11.1 Å². The van der Waals surface area contributed by atoms with Crippen molar-refractivity contribution < 1.29 is 4.42 Å². The van der Waals surface area contributed by atoms with Gasteiger partial charge in [0, 0.05) is 6.54 Å². The van der Waals surface area contributed by atoms with Crippen molar-refractivity contribution in [2.24, 2.45) is 0 Å². The molecule has 1 N–H and O–H groups in total. The van der Waals surface area contributed by atoms with Crippen LogP contribution in [0.3, 0.4) is 0 Å². The molecule has 2 rings (SSSR count). The smallest absolute Gasteiger partial charge is 0.181 e. The maximum atomic E-state index is 5.17. The predicted octanol–water partition coefficient (Wildman–Crippen LogP) is 1.55. The van der Waals surface area contributed by atoms with Crippen LogP contribution in [0.5, 0.6) is 0 Å². The summed E-state index contributed by atoms with van der Waals surface area (Å²) in [5.41, 5.74) is 2.97. The molecule has 3 nitrogen and oxygen atoms in total. The Balaban J connectivity index is 2.46. The molecule has 1 aromatic heterocycles. The summed E-state index contributed by atoms with van der Waals surface area (Å²) in [6, 6.07) is 6.01. The quantitative estimate of drug-likeness (QED) is 0.728. The lowest BCUT2D eigenvalue weighted by atomic mass is 10.2. The Morgan fingerprint density at radius 3 is 3.25 bits per heavy atom. The highest BCUT2D eigenvalue weighted by Crippen LogP contribution is 2.13. The third-order valence-electron chi connectivity index (χ3n) is 1.78. The minimum absolute atomic E-state index is 0.850. The van der Waals surface area contributed by atoms with Crippen molar-refractivity contribution in [1.29, 1.82) is 0 Å². The number of fused-ring (bicyclic) bond motifs is 1. The second-order valence-corrected chi connectivity index (χ2v) is 2.68. The van der Waals surface area contributed by atoms with Gasteiger partial charge in [0.2, 0.25) is 0 Å². The van der Waals surface area contributed by atoms with Crippen molar-refractivity contribution >= 4 is 11.1 Å². The first kappa shape index (κ1) is 7.31. The lowest BCUT2D eigenvalue weighted by Crippen LogP contribution is -2.04. The topological polar surface area (TPSA) is 38.1 Å². The van der Waals surface area contributed by atoms with Crippen molar-refractivity contribution in [3.05, 3.63) is 30.2 Å². The van der Waals surface area contributed by atoms with E-state index in [0.29, 0.717) is 0 Å². The average Bonchev–Trinajstić information content (AvgIpc) is 2.51. The van der Waals surface area contributed by atoms with E-state index in [2.05, 4.69) is 10.3 Å². The van der Waals surface area contributed by atoms with E-state index in [0.717, 1.165) is 17.6 Å². The Morgan fingerprint density at radius 1 is 1.50 bits per heavy atom. The van der Waals surface area contributed by atoms with Crippen molar-refractivity contribution in [2.45, 2.75) is 6.54 Å². The molecule has 1 aromatic carbocycles. The molecule has 0 fully saturated rings. The number of oxazole rings is 1. The standard InChI is InChI=1S/C9H10N2O/c1-10-5-7-2-3-8-9(4-7)12-6-11-8/h2-4,6,10H,5H2,1H3. The van der Waals surface area contributed by atoms with E-state index < -0.39 is 0 Å². The van der Waals surface area contributed by atoms with E-state index in [1.54, 1.807) is 0 Å². The monoisotopic (exact) mass is 162 g/mol. The Kier molecular flexibility index (Phi) is 1.80. The van der Waals surface area contributed by atoms with Crippen molar-refractivity contribution in [1.82, 2.24) is 10.3 Å². The third-order valence-corrected chi connectivity index (χ3v) is 1.78. The molecule has 0 aliphatic heterocycles. The molecular weight excluding hydrogens is 152 g/mol. The van der Waals surface area contributed by atoms with Gasteiger partial charge >= 0.3 is 0 Å². The van der Waals surface area contributed by atoms with Crippen LogP contribution in [-0.4, -0.2) is 12.0 Å². The van der Waals surface area contributed by atoms with Gasteiger partial charge in [0.25, 0.3) is 0 Å². The van der Waals surface area contributed by atoms with E-state index in [1.807, 2.05) is 25.2 Å². The molecule has 3 heteroatoms. The molecule has 0 radical (unpaired) electrons. The molecule has 0 unspecified atom stereocenters. The lowest BCUT2D eigenvalue weighted by Gasteiger charge is -1.97. The number of hydrogen-bond donors (Lipinski definition) is 1. The minimum atomic E-state index is 0.850. The van der Waals surface area contributed by atoms with Gasteiger partial charge in [-0.05, 0) is 24.7 Å². The summed E-state index contributed by atoms with van der Waals surface area (Å²) < 4.78 is 5.17. The molecule has 0 aliphatic carbocycles. The second kappa shape index (κ2) is 2.95. The van der Waals surface area contributed by atoms with Crippen LogP contribution < -0.4 is 5.32 Å². The number of aromatic nitrogens is 1. The summed E-state index contributed by atoms with van der Waals surface area (Å²) in [7, 11) is 1.92. The highest BCUT2D eigenvalue weighted by Gasteiger charge is 1.98. The van der Waals surface area contributed by atoms with E-state index in [4.69, 9.17) is 4.42 Å². The number of benzene rings is 1. The first-order valence-corrected chi connectivity index (χ1v) is 3.87. The Hall–Kier alpha value is -1.35. The fourth-order valence-corrected chi connectivity index (χ4v) is 1.21. The van der Waals surface area contributed by atoms with Gasteiger partial charge in [0.1, 0.15) is 5.52 Å². The van der Waals surface area contributed by atoms with E-state index >= 15 is 0 Å². The summed E-state index contributed by atoms with van der Waals surface area (Å²) in [5.74, 6) is 0. The number of nitrogens with zero attached hydrogens (tertiary/aromatic N) is 1. The second-order valence-electron chi connectivity index (χ2n) is 2.68. The maximum absolute atomic E-state index is 5.17. The van der Waals surface area contributed by atoms with Crippen molar-refractivity contribution in [3.63, 3.8) is 0 Å². The molecule has 62 valence electrons. The van der Waals surface area contributed by atoms with Crippen LogP contribution in [0.1, 0.15) is 5.56 Å². The van der Waals surface area contributed by atoms with Crippen LogP contribution in [0, 0.1) is 0 Å². The van der Waals surface area contributed by atoms with E-state index in [1.165, 1.54) is 12.0 Å². The van der Waals surface area contributed by atoms with Crippen LogP contribution in [-0.2, 0) is 6.54 Å². The zero-order chi connectivity index (χ0) is 8.39. The molecule has 0 saturated carbocycles. The van der Waals surface area contributed by atoms with Gasteiger partial charge in [-0.3, -0.25) is 0 Å².